The normalized spacial score (nSPS) is 14.1. The Morgan fingerprint density at radius 2 is 1.78 bits per heavy atom. The zero-order valence-corrected chi connectivity index (χ0v) is 15.5. The van der Waals surface area contributed by atoms with E-state index in [9.17, 15) is 4.79 Å². The Morgan fingerprint density at radius 1 is 1.11 bits per heavy atom. The number of ether oxygens (including phenoxy) is 1. The number of rotatable bonds is 6. The molecule has 2 aromatic rings. The zero-order valence-electron chi connectivity index (χ0n) is 15.5. The molecule has 1 aromatic carbocycles. The molecule has 0 atom stereocenters. The number of nitrogen functional groups attached to an aromatic ring is 1. The lowest BCUT2D eigenvalue weighted by Gasteiger charge is -2.36. The van der Waals surface area contributed by atoms with Gasteiger partial charge < -0.3 is 20.3 Å². The van der Waals surface area contributed by atoms with E-state index in [-0.39, 0.29) is 11.8 Å². The number of carbonyl (C=O) groups is 1. The lowest BCUT2D eigenvalue weighted by molar-refractivity contribution is -0.142. The summed E-state index contributed by atoms with van der Waals surface area (Å²) >= 11 is 0. The van der Waals surface area contributed by atoms with E-state index in [0.29, 0.717) is 18.6 Å². The van der Waals surface area contributed by atoms with E-state index in [1.807, 2.05) is 31.2 Å². The first-order valence-corrected chi connectivity index (χ1v) is 9.11. The SMILES string of the molecule is CCOC(=O)Cc1ccc(N2CCN(c3ccc(C(=N)N)cn3)CC2)cc1. The van der Waals surface area contributed by atoms with Crippen LogP contribution in [0.3, 0.4) is 0 Å². The van der Waals surface area contributed by atoms with Crippen LogP contribution in [0.1, 0.15) is 18.1 Å². The molecule has 142 valence electrons. The second-order valence-electron chi connectivity index (χ2n) is 6.44. The van der Waals surface area contributed by atoms with Crippen LogP contribution in [0.5, 0.6) is 0 Å². The topological polar surface area (TPSA) is 95.5 Å². The molecule has 1 aliphatic rings. The van der Waals surface area contributed by atoms with Crippen LogP contribution in [-0.4, -0.2) is 49.6 Å². The van der Waals surface area contributed by atoms with Crippen LogP contribution in [0.25, 0.3) is 0 Å². The fraction of sp³-hybridized carbons (Fsp3) is 0.350. The molecule has 7 heteroatoms. The second-order valence-corrected chi connectivity index (χ2v) is 6.44. The van der Waals surface area contributed by atoms with Gasteiger partial charge in [-0.05, 0) is 36.8 Å². The smallest absolute Gasteiger partial charge is 0.310 e. The van der Waals surface area contributed by atoms with Gasteiger partial charge in [0.15, 0.2) is 0 Å². The van der Waals surface area contributed by atoms with Gasteiger partial charge in [0.1, 0.15) is 11.7 Å². The molecule has 2 heterocycles. The van der Waals surface area contributed by atoms with Gasteiger partial charge in [0, 0.05) is 43.6 Å². The van der Waals surface area contributed by atoms with Crippen molar-refractivity contribution in [3.05, 3.63) is 53.7 Å². The van der Waals surface area contributed by atoms with Gasteiger partial charge in [0.25, 0.3) is 0 Å². The third-order valence-electron chi connectivity index (χ3n) is 4.62. The summed E-state index contributed by atoms with van der Waals surface area (Å²) in [4.78, 5) is 20.5. The molecule has 1 saturated heterocycles. The number of amidine groups is 1. The third-order valence-corrected chi connectivity index (χ3v) is 4.62. The predicted octanol–water partition coefficient (Wildman–Crippen LogP) is 1.80. The van der Waals surface area contributed by atoms with Crippen molar-refractivity contribution in [1.29, 1.82) is 5.41 Å². The van der Waals surface area contributed by atoms with Crippen molar-refractivity contribution in [3.8, 4) is 0 Å². The van der Waals surface area contributed by atoms with Crippen LogP contribution in [0, 0.1) is 5.41 Å². The predicted molar refractivity (Wildman–Crippen MR) is 106 cm³/mol. The van der Waals surface area contributed by atoms with Crippen LogP contribution in [0.4, 0.5) is 11.5 Å². The molecule has 1 fully saturated rings. The van der Waals surface area contributed by atoms with Crippen molar-refractivity contribution < 1.29 is 9.53 Å². The second kappa shape index (κ2) is 8.53. The minimum absolute atomic E-state index is 0.0327. The van der Waals surface area contributed by atoms with E-state index in [2.05, 4.69) is 26.9 Å². The first-order chi connectivity index (χ1) is 13.1. The van der Waals surface area contributed by atoms with Gasteiger partial charge >= 0.3 is 5.97 Å². The fourth-order valence-electron chi connectivity index (χ4n) is 3.13. The number of hydrogen-bond donors (Lipinski definition) is 2. The first-order valence-electron chi connectivity index (χ1n) is 9.11. The maximum absolute atomic E-state index is 11.6. The monoisotopic (exact) mass is 367 g/mol. The van der Waals surface area contributed by atoms with Crippen molar-refractivity contribution in [2.75, 3.05) is 42.6 Å². The molecule has 0 spiro atoms. The molecule has 0 bridgehead atoms. The van der Waals surface area contributed by atoms with Gasteiger partial charge in [-0.15, -0.1) is 0 Å². The average molecular weight is 367 g/mol. The lowest BCUT2D eigenvalue weighted by Crippen LogP contribution is -2.46. The molecule has 0 radical (unpaired) electrons. The van der Waals surface area contributed by atoms with Crippen molar-refractivity contribution in [2.45, 2.75) is 13.3 Å². The number of nitrogens with zero attached hydrogens (tertiary/aromatic N) is 3. The standard InChI is InChI=1S/C20H25N5O2/c1-2-27-19(26)13-15-3-6-17(7-4-15)24-9-11-25(12-10-24)18-8-5-16(14-23-18)20(21)22/h3-8,14H,2,9-13H2,1H3,(H3,21,22). The highest BCUT2D eigenvalue weighted by atomic mass is 16.5. The number of benzene rings is 1. The first kappa shape index (κ1) is 18.7. The van der Waals surface area contributed by atoms with Gasteiger partial charge in [-0.25, -0.2) is 4.98 Å². The van der Waals surface area contributed by atoms with Gasteiger partial charge in [-0.2, -0.15) is 0 Å². The number of esters is 1. The van der Waals surface area contributed by atoms with Crippen LogP contribution < -0.4 is 15.5 Å². The molecule has 3 rings (SSSR count). The number of nitrogens with two attached hydrogens (primary N) is 1. The minimum atomic E-state index is -0.192. The summed E-state index contributed by atoms with van der Waals surface area (Å²) < 4.78 is 4.99. The van der Waals surface area contributed by atoms with Crippen molar-refractivity contribution >= 4 is 23.3 Å². The molecule has 0 amide bonds. The Hall–Kier alpha value is -3.09. The van der Waals surface area contributed by atoms with E-state index in [4.69, 9.17) is 15.9 Å². The number of nitrogens with one attached hydrogen (secondary N) is 1. The lowest BCUT2D eigenvalue weighted by atomic mass is 10.1. The Bertz CT molecular complexity index is 781. The highest BCUT2D eigenvalue weighted by Crippen LogP contribution is 2.20. The van der Waals surface area contributed by atoms with Gasteiger partial charge in [0.05, 0.1) is 13.0 Å². The molecule has 0 unspecified atom stereocenters. The number of carbonyl (C=O) groups excluding carboxylic acids is 1. The Morgan fingerprint density at radius 3 is 2.33 bits per heavy atom. The third kappa shape index (κ3) is 4.75. The molecular weight excluding hydrogens is 342 g/mol. The quantitative estimate of drug-likeness (QED) is 0.459. The van der Waals surface area contributed by atoms with Crippen LogP contribution in [-0.2, 0) is 16.0 Å². The van der Waals surface area contributed by atoms with E-state index in [1.165, 1.54) is 0 Å². The summed E-state index contributed by atoms with van der Waals surface area (Å²) in [6.45, 7) is 5.76. The van der Waals surface area contributed by atoms with Gasteiger partial charge in [-0.1, -0.05) is 12.1 Å². The van der Waals surface area contributed by atoms with Crippen LogP contribution >= 0.6 is 0 Å². The van der Waals surface area contributed by atoms with Crippen molar-refractivity contribution in [3.63, 3.8) is 0 Å². The van der Waals surface area contributed by atoms with E-state index in [1.54, 1.807) is 6.20 Å². The zero-order chi connectivity index (χ0) is 19.2. The highest BCUT2D eigenvalue weighted by molar-refractivity contribution is 5.94. The summed E-state index contributed by atoms with van der Waals surface area (Å²) in [5.74, 6) is 0.747. The number of aromatic nitrogens is 1. The number of piperazine rings is 1. The number of pyridine rings is 1. The number of anilines is 2. The van der Waals surface area contributed by atoms with E-state index < -0.39 is 0 Å². The Balaban J connectivity index is 1.55. The molecule has 1 aliphatic heterocycles. The summed E-state index contributed by atoms with van der Waals surface area (Å²) in [6, 6.07) is 11.8. The fourth-order valence-corrected chi connectivity index (χ4v) is 3.13. The summed E-state index contributed by atoms with van der Waals surface area (Å²) in [6.07, 6.45) is 1.95. The number of hydrogen-bond acceptors (Lipinski definition) is 6. The average Bonchev–Trinajstić information content (AvgIpc) is 2.69. The van der Waals surface area contributed by atoms with Gasteiger partial charge in [0.2, 0.25) is 0 Å². The largest absolute Gasteiger partial charge is 0.466 e. The molecule has 3 N–H and O–H groups in total. The molecular formula is C20H25N5O2. The molecule has 1 aromatic heterocycles. The molecule has 27 heavy (non-hydrogen) atoms. The highest BCUT2D eigenvalue weighted by Gasteiger charge is 2.18. The van der Waals surface area contributed by atoms with E-state index in [0.717, 1.165) is 43.2 Å². The summed E-state index contributed by atoms with van der Waals surface area (Å²) in [5.41, 5.74) is 8.23. The minimum Gasteiger partial charge on any atom is -0.466 e. The molecule has 0 saturated carbocycles. The summed E-state index contributed by atoms with van der Waals surface area (Å²) in [7, 11) is 0. The maximum Gasteiger partial charge on any atom is 0.310 e. The summed E-state index contributed by atoms with van der Waals surface area (Å²) in [5, 5.41) is 7.44. The Kier molecular flexibility index (Phi) is 5.90. The Labute approximate surface area is 159 Å². The van der Waals surface area contributed by atoms with E-state index >= 15 is 0 Å². The van der Waals surface area contributed by atoms with Crippen LogP contribution in [0.15, 0.2) is 42.6 Å². The maximum atomic E-state index is 11.6. The van der Waals surface area contributed by atoms with Crippen molar-refractivity contribution in [2.24, 2.45) is 5.73 Å². The molecule has 0 aliphatic carbocycles. The van der Waals surface area contributed by atoms with Gasteiger partial charge in [-0.3, -0.25) is 10.2 Å². The molecule has 7 nitrogen and oxygen atoms in total. The van der Waals surface area contributed by atoms with Crippen LogP contribution in [0.2, 0.25) is 0 Å². The van der Waals surface area contributed by atoms with Crippen molar-refractivity contribution in [1.82, 2.24) is 4.98 Å².